The molecule has 0 bridgehead atoms. The molecule has 0 heterocycles. The summed E-state index contributed by atoms with van der Waals surface area (Å²) in [4.78, 5) is 10.2. The Labute approximate surface area is 67.0 Å². The predicted molar refractivity (Wildman–Crippen MR) is 47.5 cm³/mol. The highest BCUT2D eigenvalue weighted by atomic mass is 28.1. The molecule has 0 atom stereocenters. The Bertz CT molecular complexity index is 83.7. The molecule has 0 N–H and O–H groups in total. The van der Waals surface area contributed by atoms with Gasteiger partial charge in [0.15, 0.2) is 0 Å². The van der Waals surface area contributed by atoms with Crippen molar-refractivity contribution >= 4 is 16.9 Å². The number of hydrogen-bond acceptors (Lipinski definition) is 2. The Kier molecular flexibility index (Phi) is 10.7. The van der Waals surface area contributed by atoms with Crippen molar-refractivity contribution in [3.8, 4) is 0 Å². The van der Waals surface area contributed by atoms with Crippen LogP contribution in [0.15, 0.2) is 0 Å². The van der Waals surface area contributed by atoms with Crippen LogP contribution in [0.1, 0.15) is 33.1 Å². The van der Waals surface area contributed by atoms with Gasteiger partial charge >= 0.3 is 5.97 Å². The lowest BCUT2D eigenvalue weighted by Crippen LogP contribution is -1.99. The van der Waals surface area contributed by atoms with E-state index in [1.807, 2.05) is 0 Å². The molecule has 0 amide bonds. The van der Waals surface area contributed by atoms with E-state index in [0.29, 0.717) is 6.61 Å². The summed E-state index contributed by atoms with van der Waals surface area (Å²) in [6.07, 6.45) is 3.31. The first-order valence-corrected chi connectivity index (χ1v) is 3.40. The fourth-order valence-electron chi connectivity index (χ4n) is 0.568. The van der Waals surface area contributed by atoms with Crippen molar-refractivity contribution in [2.24, 2.45) is 0 Å². The molecular weight excluding hydrogens is 144 g/mol. The van der Waals surface area contributed by atoms with Crippen LogP contribution in [-0.4, -0.2) is 23.5 Å². The third-order valence-corrected chi connectivity index (χ3v) is 1.05. The van der Waals surface area contributed by atoms with Gasteiger partial charge in [0.2, 0.25) is 0 Å². The van der Waals surface area contributed by atoms with Crippen LogP contribution in [0.25, 0.3) is 0 Å². The first kappa shape index (κ1) is 12.4. The molecule has 0 spiro atoms. The van der Waals surface area contributed by atoms with Crippen LogP contribution >= 0.6 is 0 Å². The predicted octanol–water partition coefficient (Wildman–Crippen LogP) is 0.288. The van der Waals surface area contributed by atoms with Crippen molar-refractivity contribution < 1.29 is 9.53 Å². The van der Waals surface area contributed by atoms with Gasteiger partial charge in [-0.3, -0.25) is 4.79 Å². The van der Waals surface area contributed by atoms with Crippen molar-refractivity contribution in [2.45, 2.75) is 33.1 Å². The summed E-state index contributed by atoms with van der Waals surface area (Å²) >= 11 is 0. The van der Waals surface area contributed by atoms with Gasteiger partial charge in [-0.25, -0.2) is 0 Å². The van der Waals surface area contributed by atoms with Gasteiger partial charge in [0.1, 0.15) is 0 Å². The van der Waals surface area contributed by atoms with E-state index in [-0.39, 0.29) is 16.9 Å². The molecule has 0 aromatic carbocycles. The van der Waals surface area contributed by atoms with Gasteiger partial charge in [-0.1, -0.05) is 19.8 Å². The van der Waals surface area contributed by atoms with E-state index in [0.717, 1.165) is 12.8 Å². The summed E-state index contributed by atoms with van der Waals surface area (Å²) in [5, 5.41) is 0. The molecule has 0 aromatic heterocycles. The van der Waals surface area contributed by atoms with Gasteiger partial charge in [-0.2, -0.15) is 0 Å². The summed E-state index contributed by atoms with van der Waals surface area (Å²) < 4.78 is 4.70. The number of ether oxygens (including phenoxy) is 1. The smallest absolute Gasteiger partial charge is 0.302 e. The van der Waals surface area contributed by atoms with Crippen LogP contribution in [0, 0.1) is 0 Å². The molecule has 0 fully saturated rings. The fraction of sp³-hybridized carbons (Fsp3) is 0.857. The number of esters is 1. The Hall–Kier alpha value is -0.313. The highest BCUT2D eigenvalue weighted by Gasteiger charge is 1.89. The molecule has 0 aliphatic heterocycles. The van der Waals surface area contributed by atoms with Crippen molar-refractivity contribution in [1.82, 2.24) is 0 Å². The largest absolute Gasteiger partial charge is 0.466 e. The first-order valence-electron chi connectivity index (χ1n) is 3.40. The maximum Gasteiger partial charge on any atom is 0.302 e. The van der Waals surface area contributed by atoms with Crippen molar-refractivity contribution in [3.05, 3.63) is 0 Å². The van der Waals surface area contributed by atoms with Gasteiger partial charge in [0.25, 0.3) is 0 Å². The monoisotopic (exact) mass is 162 g/mol. The van der Waals surface area contributed by atoms with E-state index < -0.39 is 0 Å². The highest BCUT2D eigenvalue weighted by Crippen LogP contribution is 1.93. The van der Waals surface area contributed by atoms with Gasteiger partial charge in [-0.15, -0.1) is 0 Å². The lowest BCUT2D eigenvalue weighted by molar-refractivity contribution is -0.141. The summed E-state index contributed by atoms with van der Waals surface area (Å²) in [7, 11) is 0. The van der Waals surface area contributed by atoms with E-state index in [2.05, 4.69) is 6.92 Å². The topological polar surface area (TPSA) is 26.3 Å². The van der Waals surface area contributed by atoms with Crippen LogP contribution in [0.5, 0.6) is 0 Å². The maximum absolute atomic E-state index is 10.2. The number of unbranched alkanes of at least 4 members (excludes halogenated alkanes) is 2. The first-order chi connectivity index (χ1) is 4.27. The van der Waals surface area contributed by atoms with Crippen molar-refractivity contribution in [2.75, 3.05) is 6.61 Å². The van der Waals surface area contributed by atoms with E-state index in [4.69, 9.17) is 4.74 Å². The molecule has 2 nitrogen and oxygen atoms in total. The third kappa shape index (κ3) is 10.6. The molecule has 0 aromatic rings. The van der Waals surface area contributed by atoms with Crippen LogP contribution in [-0.2, 0) is 9.53 Å². The zero-order chi connectivity index (χ0) is 7.11. The molecule has 10 heavy (non-hydrogen) atoms. The van der Waals surface area contributed by atoms with Crippen LogP contribution in [0.2, 0.25) is 0 Å². The minimum Gasteiger partial charge on any atom is -0.466 e. The second kappa shape index (κ2) is 8.69. The zero-order valence-electron chi connectivity index (χ0n) is 6.14. The molecule has 3 heteroatoms. The Morgan fingerprint density at radius 1 is 1.40 bits per heavy atom. The lowest BCUT2D eigenvalue weighted by atomic mass is 10.3. The van der Waals surface area contributed by atoms with Crippen molar-refractivity contribution in [1.29, 1.82) is 0 Å². The van der Waals surface area contributed by atoms with Gasteiger partial charge in [-0.05, 0) is 17.4 Å². The second-order valence-corrected chi connectivity index (χ2v) is 2.05. The Morgan fingerprint density at radius 3 is 2.40 bits per heavy atom. The molecule has 0 unspecified atom stereocenters. The average Bonchev–Trinajstić information content (AvgIpc) is 1.80. The molecule has 0 saturated heterocycles. The van der Waals surface area contributed by atoms with Crippen LogP contribution < -0.4 is 0 Å². The second-order valence-electron chi connectivity index (χ2n) is 2.05. The molecule has 0 aliphatic rings. The average molecular weight is 162 g/mol. The zero-order valence-corrected chi connectivity index (χ0v) is 6.14. The molecule has 0 rings (SSSR count). The molecule has 0 radical (unpaired) electrons. The minimum absolute atomic E-state index is 0. The maximum atomic E-state index is 10.2. The molecule has 0 aliphatic carbocycles. The SMILES string of the molecule is CCCCCOC(C)=O.[SiH4]. The molecular formula is C7H18O2Si. The minimum atomic E-state index is -0.175. The summed E-state index contributed by atoms with van der Waals surface area (Å²) in [6.45, 7) is 4.14. The van der Waals surface area contributed by atoms with Crippen LogP contribution in [0.4, 0.5) is 0 Å². The fourth-order valence-corrected chi connectivity index (χ4v) is 0.568. The highest BCUT2D eigenvalue weighted by molar-refractivity contribution is 5.75. The molecule has 0 saturated carbocycles. The van der Waals surface area contributed by atoms with Crippen LogP contribution in [0.3, 0.4) is 0 Å². The Morgan fingerprint density at radius 2 is 2.00 bits per heavy atom. The molecule has 62 valence electrons. The van der Waals surface area contributed by atoms with E-state index >= 15 is 0 Å². The van der Waals surface area contributed by atoms with E-state index in [1.54, 1.807) is 0 Å². The Balaban J connectivity index is 0. The number of hydrogen-bond donors (Lipinski definition) is 0. The van der Waals surface area contributed by atoms with E-state index in [1.165, 1.54) is 13.3 Å². The summed E-state index contributed by atoms with van der Waals surface area (Å²) in [6, 6.07) is 0. The van der Waals surface area contributed by atoms with Crippen molar-refractivity contribution in [3.63, 3.8) is 0 Å². The standard InChI is InChI=1S/C7H14O2.H4Si/c1-3-4-5-6-9-7(2)8;/h3-6H2,1-2H3;1H4. The van der Waals surface area contributed by atoms with E-state index in [9.17, 15) is 4.79 Å². The van der Waals surface area contributed by atoms with Gasteiger partial charge in [0.05, 0.1) is 6.61 Å². The summed E-state index contributed by atoms with van der Waals surface area (Å²) in [5.41, 5.74) is 0. The number of rotatable bonds is 4. The quantitative estimate of drug-likeness (QED) is 0.337. The summed E-state index contributed by atoms with van der Waals surface area (Å²) in [5.74, 6) is -0.175. The lowest BCUT2D eigenvalue weighted by Gasteiger charge is -1.98. The van der Waals surface area contributed by atoms with Gasteiger partial charge in [0, 0.05) is 6.92 Å². The third-order valence-electron chi connectivity index (χ3n) is 1.05. The number of carbonyl (C=O) groups is 1. The number of carbonyl (C=O) groups excluding carboxylic acids is 1. The van der Waals surface area contributed by atoms with Gasteiger partial charge < -0.3 is 4.74 Å². The normalized spacial score (nSPS) is 8.20.